The minimum absolute atomic E-state index is 0.174. The van der Waals surface area contributed by atoms with Crippen LogP contribution in [-0.2, 0) is 22.4 Å². The van der Waals surface area contributed by atoms with Gasteiger partial charge in [0.25, 0.3) is 0 Å². The van der Waals surface area contributed by atoms with E-state index in [1.165, 1.54) is 6.92 Å². The Labute approximate surface area is 193 Å². The normalized spacial score (nSPS) is 11.9. The van der Waals surface area contributed by atoms with Crippen LogP contribution in [-0.4, -0.2) is 39.2 Å². The molecule has 2 heterocycles. The molecule has 33 heavy (non-hydrogen) atoms. The van der Waals surface area contributed by atoms with Crippen LogP contribution in [0, 0.1) is 6.92 Å². The van der Waals surface area contributed by atoms with Gasteiger partial charge in [0.15, 0.2) is 0 Å². The second kappa shape index (κ2) is 10.2. The third-order valence-corrected chi connectivity index (χ3v) is 5.74. The van der Waals surface area contributed by atoms with Crippen molar-refractivity contribution >= 4 is 22.7 Å². The zero-order valence-corrected chi connectivity index (χ0v) is 19.0. The van der Waals surface area contributed by atoms with E-state index in [9.17, 15) is 9.59 Å². The van der Waals surface area contributed by atoms with Gasteiger partial charge in [0.2, 0.25) is 11.8 Å². The number of nitrogens with zero attached hydrogens (tertiary/aromatic N) is 2. The van der Waals surface area contributed by atoms with Crippen LogP contribution in [0.3, 0.4) is 0 Å². The van der Waals surface area contributed by atoms with Crippen molar-refractivity contribution in [1.29, 1.82) is 0 Å². The molecule has 0 saturated heterocycles. The third kappa shape index (κ3) is 5.49. The Bertz CT molecular complexity index is 1240. The second-order valence-electron chi connectivity index (χ2n) is 8.23. The van der Waals surface area contributed by atoms with E-state index in [-0.39, 0.29) is 11.8 Å². The maximum Gasteiger partial charge on any atom is 0.242 e. The molecule has 170 valence electrons. The van der Waals surface area contributed by atoms with E-state index in [4.69, 9.17) is 0 Å². The summed E-state index contributed by atoms with van der Waals surface area (Å²) in [5, 5.41) is 11.4. The zero-order valence-electron chi connectivity index (χ0n) is 19.0. The number of benzene rings is 2. The van der Waals surface area contributed by atoms with Crippen LogP contribution in [0.5, 0.6) is 0 Å². The summed E-state index contributed by atoms with van der Waals surface area (Å²) in [7, 11) is 0. The molecule has 7 heteroatoms. The molecule has 4 aromatic rings. The molecular formula is C26H29N5O2. The van der Waals surface area contributed by atoms with Crippen LogP contribution < -0.4 is 10.6 Å². The van der Waals surface area contributed by atoms with Gasteiger partial charge in [-0.3, -0.25) is 9.59 Å². The lowest BCUT2D eigenvalue weighted by molar-refractivity contribution is -0.128. The number of aromatic amines is 1. The molecule has 2 amide bonds. The van der Waals surface area contributed by atoms with E-state index in [2.05, 4.69) is 20.7 Å². The van der Waals surface area contributed by atoms with E-state index < -0.39 is 6.04 Å². The molecule has 0 aliphatic carbocycles. The number of aromatic nitrogens is 3. The minimum atomic E-state index is -0.621. The van der Waals surface area contributed by atoms with Crippen LogP contribution in [0.1, 0.15) is 30.2 Å². The quantitative estimate of drug-likeness (QED) is 0.346. The van der Waals surface area contributed by atoms with E-state index >= 15 is 0 Å². The molecule has 0 saturated carbocycles. The Balaban J connectivity index is 1.33. The van der Waals surface area contributed by atoms with Gasteiger partial charge in [-0.15, -0.1) is 0 Å². The van der Waals surface area contributed by atoms with Crippen LogP contribution in [0.2, 0.25) is 0 Å². The number of H-pyrrole nitrogens is 1. The highest BCUT2D eigenvalue weighted by molar-refractivity contribution is 5.89. The number of para-hydroxylation sites is 2. The number of carbonyl (C=O) groups is 2. The second-order valence-corrected chi connectivity index (χ2v) is 8.23. The van der Waals surface area contributed by atoms with Crippen molar-refractivity contribution in [3.8, 4) is 5.69 Å². The molecule has 7 nitrogen and oxygen atoms in total. The number of nitrogens with one attached hydrogen (secondary N) is 3. The number of amides is 2. The summed E-state index contributed by atoms with van der Waals surface area (Å²) in [6, 6.07) is 17.3. The Morgan fingerprint density at radius 2 is 1.82 bits per heavy atom. The summed E-state index contributed by atoms with van der Waals surface area (Å²) in [6.07, 6.45) is 5.97. The highest BCUT2D eigenvalue weighted by atomic mass is 16.2. The summed E-state index contributed by atoms with van der Waals surface area (Å²) in [6.45, 7) is 3.96. The molecule has 2 aromatic heterocycles. The molecule has 3 N–H and O–H groups in total. The third-order valence-electron chi connectivity index (χ3n) is 5.74. The van der Waals surface area contributed by atoms with E-state index in [0.717, 1.165) is 46.3 Å². The van der Waals surface area contributed by atoms with Gasteiger partial charge in [-0.1, -0.05) is 36.4 Å². The monoisotopic (exact) mass is 443 g/mol. The summed E-state index contributed by atoms with van der Waals surface area (Å²) in [5.74, 6) is -0.397. The molecule has 2 aromatic carbocycles. The first-order valence-corrected chi connectivity index (χ1v) is 11.2. The number of rotatable bonds is 9. The van der Waals surface area contributed by atoms with Crippen molar-refractivity contribution in [2.45, 2.75) is 39.2 Å². The predicted molar refractivity (Wildman–Crippen MR) is 129 cm³/mol. The average Bonchev–Trinajstić information content (AvgIpc) is 3.40. The number of aryl methyl sites for hydroxylation is 2. The van der Waals surface area contributed by atoms with Crippen LogP contribution in [0.4, 0.5) is 0 Å². The fourth-order valence-electron chi connectivity index (χ4n) is 4.04. The molecule has 1 atom stereocenters. The lowest BCUT2D eigenvalue weighted by atomic mass is 10.0. The van der Waals surface area contributed by atoms with Crippen molar-refractivity contribution < 1.29 is 9.59 Å². The van der Waals surface area contributed by atoms with Gasteiger partial charge in [-0.05, 0) is 49.1 Å². The molecule has 0 aliphatic heterocycles. The van der Waals surface area contributed by atoms with E-state index in [1.54, 1.807) is 0 Å². The average molecular weight is 444 g/mol. The highest BCUT2D eigenvalue weighted by Gasteiger charge is 2.21. The Morgan fingerprint density at radius 1 is 1.06 bits per heavy atom. The molecule has 0 spiro atoms. The lowest BCUT2D eigenvalue weighted by Crippen LogP contribution is -2.47. The van der Waals surface area contributed by atoms with Gasteiger partial charge in [-0.25, -0.2) is 4.68 Å². The predicted octanol–water partition coefficient (Wildman–Crippen LogP) is 3.46. The number of hydrogen-bond acceptors (Lipinski definition) is 3. The van der Waals surface area contributed by atoms with Gasteiger partial charge >= 0.3 is 0 Å². The SMILES string of the molecule is CC(=O)NC(Cc1c[nH]c2ccccc12)C(=O)NCCCc1cn(-c2ccccc2)nc1C. The first kappa shape index (κ1) is 22.3. The summed E-state index contributed by atoms with van der Waals surface area (Å²) in [5.41, 5.74) is 5.19. The molecule has 0 aliphatic rings. The number of hydrogen-bond donors (Lipinski definition) is 3. The van der Waals surface area contributed by atoms with Crippen LogP contribution in [0.15, 0.2) is 67.0 Å². The summed E-state index contributed by atoms with van der Waals surface area (Å²) < 4.78 is 1.89. The van der Waals surface area contributed by atoms with Crippen molar-refractivity contribution in [2.24, 2.45) is 0 Å². The standard InChI is InChI=1S/C26H29N5O2/c1-18-20(17-31(30-18)22-10-4-3-5-11-22)9-8-14-27-26(33)25(29-19(2)32)15-21-16-28-24-13-7-6-12-23(21)24/h3-7,10-13,16-17,25,28H,8-9,14-15H2,1-2H3,(H,27,33)(H,29,32). The molecule has 0 fully saturated rings. The Hall–Kier alpha value is -3.87. The number of fused-ring (bicyclic) bond motifs is 1. The zero-order chi connectivity index (χ0) is 23.2. The Kier molecular flexibility index (Phi) is 6.88. The highest BCUT2D eigenvalue weighted by Crippen LogP contribution is 2.19. The maximum atomic E-state index is 12.9. The van der Waals surface area contributed by atoms with Crippen LogP contribution in [0.25, 0.3) is 16.6 Å². The van der Waals surface area contributed by atoms with Crippen molar-refractivity contribution in [3.63, 3.8) is 0 Å². The molecule has 4 rings (SSSR count). The van der Waals surface area contributed by atoms with Crippen molar-refractivity contribution in [1.82, 2.24) is 25.4 Å². The van der Waals surface area contributed by atoms with Gasteiger partial charge < -0.3 is 15.6 Å². The van der Waals surface area contributed by atoms with Gasteiger partial charge in [0.1, 0.15) is 6.04 Å². The van der Waals surface area contributed by atoms with Gasteiger partial charge in [0.05, 0.1) is 11.4 Å². The first-order valence-electron chi connectivity index (χ1n) is 11.2. The fraction of sp³-hybridized carbons (Fsp3) is 0.269. The lowest BCUT2D eigenvalue weighted by Gasteiger charge is -2.17. The molecule has 0 radical (unpaired) electrons. The number of carbonyl (C=O) groups excluding carboxylic acids is 2. The van der Waals surface area contributed by atoms with Crippen LogP contribution >= 0.6 is 0 Å². The first-order chi connectivity index (χ1) is 16.0. The minimum Gasteiger partial charge on any atom is -0.361 e. The summed E-state index contributed by atoms with van der Waals surface area (Å²) in [4.78, 5) is 27.8. The smallest absolute Gasteiger partial charge is 0.242 e. The van der Waals surface area contributed by atoms with Gasteiger partial charge in [-0.2, -0.15) is 5.10 Å². The maximum absolute atomic E-state index is 12.9. The Morgan fingerprint density at radius 3 is 2.61 bits per heavy atom. The van der Waals surface area contributed by atoms with E-state index in [1.807, 2.05) is 78.6 Å². The van der Waals surface area contributed by atoms with E-state index in [0.29, 0.717) is 13.0 Å². The van der Waals surface area contributed by atoms with Crippen molar-refractivity contribution in [3.05, 3.63) is 83.8 Å². The molecule has 1 unspecified atom stereocenters. The molecule has 0 bridgehead atoms. The topological polar surface area (TPSA) is 91.8 Å². The summed E-state index contributed by atoms with van der Waals surface area (Å²) >= 11 is 0. The molecular weight excluding hydrogens is 414 g/mol. The fourth-order valence-corrected chi connectivity index (χ4v) is 4.04. The van der Waals surface area contributed by atoms with Gasteiger partial charge in [0, 0.05) is 43.2 Å². The van der Waals surface area contributed by atoms with Crippen molar-refractivity contribution in [2.75, 3.05) is 6.54 Å². The largest absolute Gasteiger partial charge is 0.361 e.